The molecular weight excluding hydrogens is 868 g/mol. The largest absolute Gasteiger partial charge is 0.489 e. The van der Waals surface area contributed by atoms with Crippen molar-refractivity contribution in [1.29, 1.82) is 0 Å². The summed E-state index contributed by atoms with van der Waals surface area (Å²) in [4.78, 5) is 45.8. The van der Waals surface area contributed by atoms with E-state index >= 15 is 0 Å². The Balaban J connectivity index is 0.810. The summed E-state index contributed by atoms with van der Waals surface area (Å²) >= 11 is 13.9. The highest BCUT2D eigenvalue weighted by molar-refractivity contribution is 7.15. The minimum Gasteiger partial charge on any atom is -0.489 e. The van der Waals surface area contributed by atoms with Crippen molar-refractivity contribution in [2.75, 3.05) is 19.0 Å². The maximum absolute atomic E-state index is 13.4. The van der Waals surface area contributed by atoms with Crippen LogP contribution in [0, 0.1) is 20.8 Å². The number of nitrogens with one attached hydrogen (secondary N) is 2. The number of hydrogen-bond donors (Lipinski definition) is 2. The van der Waals surface area contributed by atoms with Gasteiger partial charge in [-0.05, 0) is 93.1 Å². The maximum atomic E-state index is 13.4. The number of thiophene rings is 1. The lowest BCUT2D eigenvalue weighted by Gasteiger charge is -2.21. The summed E-state index contributed by atoms with van der Waals surface area (Å²) < 4.78 is 8.08. The second-order valence-corrected chi connectivity index (χ2v) is 17.7. The van der Waals surface area contributed by atoms with E-state index in [9.17, 15) is 14.4 Å². The second-order valence-electron chi connectivity index (χ2n) is 15.8. The van der Waals surface area contributed by atoms with Crippen LogP contribution in [0.25, 0.3) is 5.00 Å². The summed E-state index contributed by atoms with van der Waals surface area (Å²) in [6.45, 7) is 7.54. The fourth-order valence-electron chi connectivity index (χ4n) is 7.94. The number of hydrogen-bond acceptors (Lipinski definition) is 9. The number of alkyl halides is 1. The first-order valence-corrected chi connectivity index (χ1v) is 23.0. The summed E-state index contributed by atoms with van der Waals surface area (Å²) in [5.74, 6) is 1.26. The molecular formula is C49H48Cl2N8O4S. The number of hydrazone groups is 1. The van der Waals surface area contributed by atoms with E-state index < -0.39 is 6.04 Å². The molecule has 2 N–H and O–H groups in total. The highest BCUT2D eigenvalue weighted by Gasteiger charge is 2.34. The van der Waals surface area contributed by atoms with Gasteiger partial charge in [-0.2, -0.15) is 5.10 Å². The molecule has 15 heteroatoms. The smallest absolute Gasteiger partial charge is 0.258 e. The number of rotatable bonds is 16. The number of benzene rings is 4. The molecule has 2 atom stereocenters. The summed E-state index contributed by atoms with van der Waals surface area (Å²) in [5, 5.41) is 22.7. The van der Waals surface area contributed by atoms with E-state index in [0.29, 0.717) is 48.3 Å². The first kappa shape index (κ1) is 44.5. The molecule has 2 aliphatic heterocycles. The Hall–Kier alpha value is -6.15. The Kier molecular flexibility index (Phi) is 14.0. The zero-order valence-electron chi connectivity index (χ0n) is 35.8. The average molecular weight is 916 g/mol. The van der Waals surface area contributed by atoms with Gasteiger partial charge in [0, 0.05) is 51.7 Å². The molecule has 2 aliphatic rings. The summed E-state index contributed by atoms with van der Waals surface area (Å²) in [7, 11) is 0. The monoisotopic (exact) mass is 914 g/mol. The van der Waals surface area contributed by atoms with Gasteiger partial charge in [-0.25, -0.2) is 5.01 Å². The lowest BCUT2D eigenvalue weighted by molar-refractivity contribution is -0.130. The number of carbonyl (C=O) groups is 3. The van der Waals surface area contributed by atoms with Crippen LogP contribution in [0.1, 0.15) is 104 Å². The fraction of sp³-hybridized carbons (Fsp3) is 0.286. The van der Waals surface area contributed by atoms with Gasteiger partial charge in [-0.3, -0.25) is 23.9 Å². The molecule has 1 unspecified atom stereocenters. The minimum absolute atomic E-state index is 0.117. The lowest BCUT2D eigenvalue weighted by atomic mass is 9.97. The third-order valence-electron chi connectivity index (χ3n) is 11.5. The first-order valence-electron chi connectivity index (χ1n) is 21.3. The molecule has 64 heavy (non-hydrogen) atoms. The first-order chi connectivity index (χ1) is 31.1. The van der Waals surface area contributed by atoms with Gasteiger partial charge in [-0.1, -0.05) is 78.3 Å². The zero-order valence-corrected chi connectivity index (χ0v) is 38.1. The third kappa shape index (κ3) is 9.97. The molecule has 328 valence electrons. The third-order valence-corrected chi connectivity index (χ3v) is 13.1. The molecule has 8 rings (SSSR count). The van der Waals surface area contributed by atoms with Crippen molar-refractivity contribution in [2.24, 2.45) is 10.1 Å². The summed E-state index contributed by atoms with van der Waals surface area (Å²) in [6, 6.07) is 31.6. The average Bonchev–Trinajstić information content (AvgIpc) is 3.99. The fourth-order valence-corrected chi connectivity index (χ4v) is 9.40. The topological polar surface area (TPSA) is 143 Å². The number of ether oxygens (including phenoxy) is 1. The molecule has 3 amide bonds. The van der Waals surface area contributed by atoms with Crippen LogP contribution in [0.3, 0.4) is 0 Å². The van der Waals surface area contributed by atoms with Gasteiger partial charge in [-0.15, -0.1) is 33.1 Å². The standard InChI is InChI=1S/C49H48Cl2N8O4S/c1-30-31(2)64-49-45(30)46(35-19-21-38(51)22-20-35)54-41(47-56-55-32(3)58(47)49)27-43(60)52-23-8-5-9-24-53-48(62)36-17-15-34(16-18-36)42-26-40(57-59(42)44(61)28-50)37-13-10-14-39(25-37)63-29-33-11-6-4-7-12-33/h4,6-7,10-22,25,41-42H,5,8-9,23-24,26-29H2,1-3H3,(H,52,60)(H,53,62)/t41-,42?/m0/s1. The van der Waals surface area contributed by atoms with E-state index in [4.69, 9.17) is 38.0 Å². The van der Waals surface area contributed by atoms with Crippen molar-refractivity contribution in [3.05, 3.63) is 164 Å². The number of fused-ring (bicyclic) bond motifs is 3. The van der Waals surface area contributed by atoms with Crippen molar-refractivity contribution in [1.82, 2.24) is 30.4 Å². The predicted octanol–water partition coefficient (Wildman–Crippen LogP) is 9.40. The highest BCUT2D eigenvalue weighted by atomic mass is 35.5. The van der Waals surface area contributed by atoms with Gasteiger partial charge < -0.3 is 15.4 Å². The number of aromatic nitrogens is 3. The van der Waals surface area contributed by atoms with E-state index in [1.165, 1.54) is 9.89 Å². The number of aryl methyl sites for hydroxylation is 2. The number of nitrogens with zero attached hydrogens (tertiary/aromatic N) is 6. The second kappa shape index (κ2) is 20.1. The molecule has 0 radical (unpaired) electrons. The lowest BCUT2D eigenvalue weighted by Crippen LogP contribution is -2.28. The van der Waals surface area contributed by atoms with Crippen LogP contribution >= 0.6 is 34.5 Å². The van der Waals surface area contributed by atoms with Crippen molar-refractivity contribution in [2.45, 2.75) is 71.6 Å². The molecule has 6 aromatic rings. The number of halogens is 2. The molecule has 4 heterocycles. The van der Waals surface area contributed by atoms with Crippen LogP contribution in [0.15, 0.2) is 113 Å². The number of unbranched alkanes of at least 4 members (excludes halogenated alkanes) is 2. The molecule has 4 aromatic carbocycles. The predicted molar refractivity (Wildman–Crippen MR) is 252 cm³/mol. The Labute approximate surface area is 386 Å². The van der Waals surface area contributed by atoms with E-state index in [0.717, 1.165) is 74.9 Å². The SMILES string of the molecule is Cc1sc2c(c1C)C(c1ccc(Cl)cc1)=N[C@@H](CC(=O)NCCCCCNC(=O)c1ccc(C3CC(c4cccc(OCc5ccccc5)c4)=NN3C(=O)CCl)cc1)c1nnc(C)n1-2. The maximum Gasteiger partial charge on any atom is 0.258 e. The van der Waals surface area contributed by atoms with Gasteiger partial charge in [0.15, 0.2) is 5.82 Å². The van der Waals surface area contributed by atoms with E-state index in [-0.39, 0.29) is 36.1 Å². The molecule has 0 saturated heterocycles. The molecule has 0 bridgehead atoms. The molecule has 12 nitrogen and oxygen atoms in total. The van der Waals surface area contributed by atoms with E-state index in [2.05, 4.69) is 34.7 Å². The van der Waals surface area contributed by atoms with Crippen LogP contribution < -0.4 is 15.4 Å². The van der Waals surface area contributed by atoms with Crippen LogP contribution in [0.4, 0.5) is 0 Å². The quantitative estimate of drug-likeness (QED) is 0.0732. The summed E-state index contributed by atoms with van der Waals surface area (Å²) in [5.41, 5.74) is 7.91. The summed E-state index contributed by atoms with van der Waals surface area (Å²) in [6.07, 6.45) is 2.90. The number of aliphatic imine (C=N–C) groups is 1. The Morgan fingerprint density at radius 3 is 2.34 bits per heavy atom. The van der Waals surface area contributed by atoms with Crippen LogP contribution in [-0.2, 0) is 16.2 Å². The molecule has 0 saturated carbocycles. The van der Waals surface area contributed by atoms with Crippen molar-refractivity contribution < 1.29 is 19.1 Å². The van der Waals surface area contributed by atoms with E-state index in [1.54, 1.807) is 23.5 Å². The van der Waals surface area contributed by atoms with Gasteiger partial charge in [0.05, 0.1) is 23.9 Å². The Morgan fingerprint density at radius 2 is 1.59 bits per heavy atom. The van der Waals surface area contributed by atoms with Crippen molar-refractivity contribution in [3.8, 4) is 10.8 Å². The number of carbonyl (C=O) groups excluding carboxylic acids is 3. The minimum atomic E-state index is -0.541. The van der Waals surface area contributed by atoms with Crippen molar-refractivity contribution in [3.63, 3.8) is 0 Å². The van der Waals surface area contributed by atoms with Gasteiger partial charge in [0.1, 0.15) is 35.1 Å². The van der Waals surface area contributed by atoms with Crippen LogP contribution in [0.2, 0.25) is 5.02 Å². The Bertz CT molecular complexity index is 2720. The van der Waals surface area contributed by atoms with Gasteiger partial charge in [0.2, 0.25) is 5.91 Å². The molecule has 0 fully saturated rings. The molecule has 2 aromatic heterocycles. The van der Waals surface area contributed by atoms with Gasteiger partial charge >= 0.3 is 0 Å². The Morgan fingerprint density at radius 1 is 0.844 bits per heavy atom. The highest BCUT2D eigenvalue weighted by Crippen LogP contribution is 2.40. The van der Waals surface area contributed by atoms with Gasteiger partial charge in [0.25, 0.3) is 11.8 Å². The van der Waals surface area contributed by atoms with Crippen LogP contribution in [0.5, 0.6) is 5.75 Å². The van der Waals surface area contributed by atoms with E-state index in [1.807, 2.05) is 102 Å². The normalized spacial score (nSPS) is 15.4. The van der Waals surface area contributed by atoms with Crippen LogP contribution in [-0.4, -0.2) is 67.9 Å². The number of amides is 3. The zero-order chi connectivity index (χ0) is 44.7. The molecule has 0 spiro atoms. The molecule has 0 aliphatic carbocycles. The van der Waals surface area contributed by atoms with Crippen molar-refractivity contribution >= 4 is 63.7 Å².